The highest BCUT2D eigenvalue weighted by Gasteiger charge is 2.14. The van der Waals surface area contributed by atoms with Crippen LogP contribution in [0.25, 0.3) is 10.4 Å². The summed E-state index contributed by atoms with van der Waals surface area (Å²) in [6, 6.07) is 8.63. The Morgan fingerprint density at radius 2 is 1.78 bits per heavy atom. The number of benzene rings is 1. The van der Waals surface area contributed by atoms with Crippen molar-refractivity contribution in [2.45, 2.75) is 39.7 Å². The summed E-state index contributed by atoms with van der Waals surface area (Å²) < 4.78 is 0. The lowest BCUT2D eigenvalue weighted by molar-refractivity contribution is 0.281. The van der Waals surface area contributed by atoms with Gasteiger partial charge in [0.15, 0.2) is 0 Å². The van der Waals surface area contributed by atoms with Gasteiger partial charge in [-0.25, -0.2) is 4.98 Å². The molecule has 0 saturated carbocycles. The van der Waals surface area contributed by atoms with E-state index in [0.717, 1.165) is 15.6 Å². The molecular formula is C15H19NOS. The van der Waals surface area contributed by atoms with Crippen molar-refractivity contribution in [1.29, 1.82) is 0 Å². The lowest BCUT2D eigenvalue weighted by Gasteiger charge is -2.19. The fraction of sp³-hybridized carbons (Fsp3) is 0.400. The largest absolute Gasteiger partial charge is 0.389 e. The second kappa shape index (κ2) is 4.82. The van der Waals surface area contributed by atoms with Gasteiger partial charge in [-0.2, -0.15) is 0 Å². The minimum atomic E-state index is 0.0194. The fourth-order valence-corrected chi connectivity index (χ4v) is 2.84. The minimum absolute atomic E-state index is 0.0194. The van der Waals surface area contributed by atoms with Crippen molar-refractivity contribution in [3.05, 3.63) is 40.5 Å². The second-order valence-corrected chi connectivity index (χ2v) is 6.59. The van der Waals surface area contributed by atoms with E-state index in [9.17, 15) is 0 Å². The number of aryl methyl sites for hydroxylation is 1. The van der Waals surface area contributed by atoms with Crippen LogP contribution in [0, 0.1) is 6.92 Å². The lowest BCUT2D eigenvalue weighted by atomic mass is 9.86. The molecule has 0 unspecified atom stereocenters. The highest BCUT2D eigenvalue weighted by molar-refractivity contribution is 7.15. The maximum absolute atomic E-state index is 9.12. The van der Waals surface area contributed by atoms with Crippen LogP contribution in [0.5, 0.6) is 0 Å². The van der Waals surface area contributed by atoms with Gasteiger partial charge in [0.05, 0.1) is 17.2 Å². The average molecular weight is 261 g/mol. The van der Waals surface area contributed by atoms with E-state index in [0.29, 0.717) is 0 Å². The van der Waals surface area contributed by atoms with Crippen molar-refractivity contribution in [3.8, 4) is 10.4 Å². The molecule has 0 aliphatic carbocycles. The topological polar surface area (TPSA) is 33.1 Å². The summed E-state index contributed by atoms with van der Waals surface area (Å²) in [5.41, 5.74) is 3.68. The highest BCUT2D eigenvalue weighted by Crippen LogP contribution is 2.31. The van der Waals surface area contributed by atoms with Crippen molar-refractivity contribution >= 4 is 11.3 Å². The van der Waals surface area contributed by atoms with E-state index in [4.69, 9.17) is 5.11 Å². The maximum Gasteiger partial charge on any atom is 0.119 e. The minimum Gasteiger partial charge on any atom is -0.389 e. The van der Waals surface area contributed by atoms with E-state index in [1.807, 2.05) is 6.92 Å². The molecule has 3 heteroatoms. The first kappa shape index (κ1) is 13.2. The Morgan fingerprint density at radius 3 is 2.22 bits per heavy atom. The predicted molar refractivity (Wildman–Crippen MR) is 76.9 cm³/mol. The molecule has 0 amide bonds. The molecule has 2 rings (SSSR count). The molecule has 18 heavy (non-hydrogen) atoms. The number of rotatable bonds is 2. The Bertz CT molecular complexity index is 535. The van der Waals surface area contributed by atoms with Crippen LogP contribution in [0.3, 0.4) is 0 Å². The number of aliphatic hydroxyl groups is 1. The van der Waals surface area contributed by atoms with Gasteiger partial charge in [0.2, 0.25) is 0 Å². The van der Waals surface area contributed by atoms with Gasteiger partial charge < -0.3 is 5.11 Å². The van der Waals surface area contributed by atoms with Crippen LogP contribution in [0.2, 0.25) is 0 Å². The van der Waals surface area contributed by atoms with Crippen molar-refractivity contribution in [2.75, 3.05) is 0 Å². The Hall–Kier alpha value is -1.19. The Kier molecular flexibility index (Phi) is 3.55. The van der Waals surface area contributed by atoms with Crippen molar-refractivity contribution in [3.63, 3.8) is 0 Å². The van der Waals surface area contributed by atoms with E-state index in [1.54, 1.807) is 11.3 Å². The summed E-state index contributed by atoms with van der Waals surface area (Å²) in [5, 5.41) is 9.90. The molecule has 0 fully saturated rings. The summed E-state index contributed by atoms with van der Waals surface area (Å²) in [7, 11) is 0. The summed E-state index contributed by atoms with van der Waals surface area (Å²) in [4.78, 5) is 5.50. The average Bonchev–Trinajstić information content (AvgIpc) is 2.70. The van der Waals surface area contributed by atoms with Gasteiger partial charge >= 0.3 is 0 Å². The number of nitrogens with zero attached hydrogens (tertiary/aromatic N) is 1. The fourth-order valence-electron chi connectivity index (χ4n) is 1.91. The first-order valence-electron chi connectivity index (χ1n) is 6.10. The first-order chi connectivity index (χ1) is 8.41. The summed E-state index contributed by atoms with van der Waals surface area (Å²) in [5.74, 6) is 0. The first-order valence-corrected chi connectivity index (χ1v) is 6.91. The molecule has 0 bridgehead atoms. The quantitative estimate of drug-likeness (QED) is 0.889. The molecule has 1 N–H and O–H groups in total. The normalized spacial score (nSPS) is 11.8. The van der Waals surface area contributed by atoms with Gasteiger partial charge in [-0.15, -0.1) is 11.3 Å². The lowest BCUT2D eigenvalue weighted by Crippen LogP contribution is -2.10. The van der Waals surface area contributed by atoms with Gasteiger partial charge in [-0.05, 0) is 23.5 Å². The molecule has 2 nitrogen and oxygen atoms in total. The summed E-state index contributed by atoms with van der Waals surface area (Å²) in [6.45, 7) is 8.64. The predicted octanol–water partition coefficient (Wildman–Crippen LogP) is 3.91. The van der Waals surface area contributed by atoms with E-state index >= 15 is 0 Å². The molecular weight excluding hydrogens is 242 g/mol. The van der Waals surface area contributed by atoms with Gasteiger partial charge in [0.25, 0.3) is 0 Å². The second-order valence-electron chi connectivity index (χ2n) is 5.51. The third-order valence-electron chi connectivity index (χ3n) is 2.99. The van der Waals surface area contributed by atoms with E-state index in [-0.39, 0.29) is 12.0 Å². The van der Waals surface area contributed by atoms with Crippen LogP contribution in [0.15, 0.2) is 24.3 Å². The third-order valence-corrected chi connectivity index (χ3v) is 4.18. The van der Waals surface area contributed by atoms with Gasteiger partial charge in [-0.3, -0.25) is 0 Å². The van der Waals surface area contributed by atoms with Crippen LogP contribution >= 0.6 is 11.3 Å². The molecule has 0 aliphatic heterocycles. The standard InChI is InChI=1S/C15H19NOS/c1-10-14(18-13(9-17)16-10)11-5-7-12(8-6-11)15(2,3)4/h5-8,17H,9H2,1-4H3. The number of aliphatic hydroxyl groups excluding tert-OH is 1. The van der Waals surface area contributed by atoms with Gasteiger partial charge in [0.1, 0.15) is 5.01 Å². The zero-order valence-electron chi connectivity index (χ0n) is 11.3. The molecule has 0 aliphatic rings. The molecule has 0 spiro atoms. The van der Waals surface area contributed by atoms with Crippen molar-refractivity contribution < 1.29 is 5.11 Å². The SMILES string of the molecule is Cc1nc(CO)sc1-c1ccc(C(C)(C)C)cc1. The zero-order chi connectivity index (χ0) is 13.3. The smallest absolute Gasteiger partial charge is 0.119 e. The van der Waals surface area contributed by atoms with Crippen LogP contribution in [-0.2, 0) is 12.0 Å². The van der Waals surface area contributed by atoms with Crippen molar-refractivity contribution in [2.24, 2.45) is 0 Å². The summed E-state index contributed by atoms with van der Waals surface area (Å²) >= 11 is 1.56. The maximum atomic E-state index is 9.12. The Labute approximate surface area is 112 Å². The number of hydrogen-bond acceptors (Lipinski definition) is 3. The van der Waals surface area contributed by atoms with Crippen LogP contribution in [0.4, 0.5) is 0 Å². The molecule has 1 aromatic carbocycles. The zero-order valence-corrected chi connectivity index (χ0v) is 12.1. The molecule has 0 radical (unpaired) electrons. The van der Waals surface area contributed by atoms with Crippen LogP contribution < -0.4 is 0 Å². The molecule has 96 valence electrons. The van der Waals surface area contributed by atoms with Gasteiger partial charge in [-0.1, -0.05) is 45.0 Å². The molecule has 1 aromatic heterocycles. The third kappa shape index (κ3) is 2.62. The van der Waals surface area contributed by atoms with Crippen LogP contribution in [0.1, 0.15) is 37.0 Å². The Morgan fingerprint density at radius 1 is 1.17 bits per heavy atom. The highest BCUT2D eigenvalue weighted by atomic mass is 32.1. The number of aromatic nitrogens is 1. The van der Waals surface area contributed by atoms with E-state index < -0.39 is 0 Å². The van der Waals surface area contributed by atoms with E-state index in [1.165, 1.54) is 11.1 Å². The van der Waals surface area contributed by atoms with Crippen LogP contribution in [-0.4, -0.2) is 10.1 Å². The summed E-state index contributed by atoms with van der Waals surface area (Å²) in [6.07, 6.45) is 0. The Balaban J connectivity index is 2.37. The molecule has 1 heterocycles. The number of hydrogen-bond donors (Lipinski definition) is 1. The van der Waals surface area contributed by atoms with Gasteiger partial charge in [0, 0.05) is 0 Å². The number of thiazole rings is 1. The molecule has 0 saturated heterocycles. The molecule has 0 atom stereocenters. The van der Waals surface area contributed by atoms with E-state index in [2.05, 4.69) is 50.0 Å². The van der Waals surface area contributed by atoms with Crippen molar-refractivity contribution in [1.82, 2.24) is 4.98 Å². The monoisotopic (exact) mass is 261 g/mol. The molecule has 2 aromatic rings.